The average molecular weight is 252 g/mol. The predicted octanol–water partition coefficient (Wildman–Crippen LogP) is 2.32. The number of hydrogen-bond acceptors (Lipinski definition) is 4. The monoisotopic (exact) mass is 252 g/mol. The molecule has 0 N–H and O–H groups in total. The third-order valence-electron chi connectivity index (χ3n) is 2.47. The van der Waals surface area contributed by atoms with Crippen molar-refractivity contribution < 1.29 is 9.53 Å². The third-order valence-corrected chi connectivity index (χ3v) is 3.24. The zero-order valence-electron chi connectivity index (χ0n) is 9.89. The van der Waals surface area contributed by atoms with Crippen molar-refractivity contribution in [3.8, 4) is 0 Å². The van der Waals surface area contributed by atoms with Crippen molar-refractivity contribution >= 4 is 22.1 Å². The highest BCUT2D eigenvalue weighted by atomic mass is 32.1. The number of aromatic nitrogens is 2. The maximum absolute atomic E-state index is 11.7. The second-order valence-corrected chi connectivity index (χ2v) is 4.71. The van der Waals surface area contributed by atoms with E-state index in [1.165, 1.54) is 0 Å². The average Bonchev–Trinajstić information content (AvgIpc) is 2.84. The van der Waals surface area contributed by atoms with Crippen LogP contribution in [-0.2, 0) is 16.0 Å². The summed E-state index contributed by atoms with van der Waals surface area (Å²) in [4.78, 5) is 17.0. The van der Waals surface area contributed by atoms with Crippen molar-refractivity contribution in [2.24, 2.45) is 0 Å². The van der Waals surface area contributed by atoms with Crippen LogP contribution in [0.25, 0.3) is 4.96 Å². The first kappa shape index (κ1) is 12.3. The second-order valence-electron chi connectivity index (χ2n) is 3.84. The molecule has 2 rings (SSSR count). The van der Waals surface area contributed by atoms with Crippen LogP contribution in [0.3, 0.4) is 0 Å². The summed E-state index contributed by atoms with van der Waals surface area (Å²) in [5.74, 6) is 0.232. The second kappa shape index (κ2) is 5.93. The van der Waals surface area contributed by atoms with Crippen molar-refractivity contribution in [1.29, 1.82) is 0 Å². The summed E-state index contributed by atoms with van der Waals surface area (Å²) in [6.07, 6.45) is 5.68. The lowest BCUT2D eigenvalue weighted by Gasteiger charge is -1.99. The van der Waals surface area contributed by atoms with Crippen molar-refractivity contribution in [1.82, 2.24) is 9.38 Å². The summed E-state index contributed by atoms with van der Waals surface area (Å²) in [6, 6.07) is 0. The van der Waals surface area contributed by atoms with Gasteiger partial charge < -0.3 is 4.74 Å². The van der Waals surface area contributed by atoms with Crippen LogP contribution in [0.5, 0.6) is 0 Å². The molecule has 0 aliphatic carbocycles. The number of thiazole rings is 1. The number of ketones is 1. The van der Waals surface area contributed by atoms with Crippen LogP contribution >= 0.6 is 11.3 Å². The standard InChI is InChI=1S/C12H16N2O2S/c1-2-16-6-3-4-11(15)8-10-9-14-5-7-17-12(14)13-10/h5,7,9H,2-4,6,8H2,1H3. The van der Waals surface area contributed by atoms with Crippen molar-refractivity contribution in [2.75, 3.05) is 13.2 Å². The Labute approximate surface area is 104 Å². The van der Waals surface area contributed by atoms with Crippen LogP contribution in [0.15, 0.2) is 17.8 Å². The molecule has 2 aromatic rings. The van der Waals surface area contributed by atoms with Gasteiger partial charge in [0.15, 0.2) is 4.96 Å². The van der Waals surface area contributed by atoms with E-state index in [-0.39, 0.29) is 5.78 Å². The van der Waals surface area contributed by atoms with E-state index in [0.29, 0.717) is 26.1 Å². The molecule has 0 aliphatic heterocycles. The molecule has 2 aromatic heterocycles. The van der Waals surface area contributed by atoms with Crippen molar-refractivity contribution in [3.05, 3.63) is 23.5 Å². The zero-order valence-corrected chi connectivity index (χ0v) is 10.7. The van der Waals surface area contributed by atoms with Gasteiger partial charge >= 0.3 is 0 Å². The molecule has 0 radical (unpaired) electrons. The van der Waals surface area contributed by atoms with Gasteiger partial charge in [-0.1, -0.05) is 0 Å². The number of Topliss-reactive ketones (excluding diaryl/α,β-unsaturated/α-hetero) is 1. The van der Waals surface area contributed by atoms with Gasteiger partial charge in [-0.05, 0) is 13.3 Å². The van der Waals surface area contributed by atoms with Gasteiger partial charge in [-0.2, -0.15) is 0 Å². The number of carbonyl (C=O) groups is 1. The molecule has 0 aromatic carbocycles. The minimum Gasteiger partial charge on any atom is -0.382 e. The summed E-state index contributed by atoms with van der Waals surface area (Å²) < 4.78 is 7.15. The van der Waals surface area contributed by atoms with Gasteiger partial charge in [0, 0.05) is 37.4 Å². The van der Waals surface area contributed by atoms with E-state index in [0.717, 1.165) is 17.1 Å². The highest BCUT2D eigenvalue weighted by molar-refractivity contribution is 7.15. The van der Waals surface area contributed by atoms with E-state index >= 15 is 0 Å². The number of rotatable bonds is 7. The third kappa shape index (κ3) is 3.38. The minimum absolute atomic E-state index is 0.232. The maximum Gasteiger partial charge on any atom is 0.193 e. The predicted molar refractivity (Wildman–Crippen MR) is 67.5 cm³/mol. The molecule has 5 heteroatoms. The minimum atomic E-state index is 0.232. The molecule has 0 unspecified atom stereocenters. The Morgan fingerprint density at radius 1 is 1.59 bits per heavy atom. The molecule has 0 fully saturated rings. The van der Waals surface area contributed by atoms with Crippen LogP contribution in [0.1, 0.15) is 25.5 Å². The summed E-state index contributed by atoms with van der Waals surface area (Å²) >= 11 is 1.58. The molecule has 92 valence electrons. The zero-order chi connectivity index (χ0) is 12.1. The van der Waals surface area contributed by atoms with Gasteiger partial charge in [0.25, 0.3) is 0 Å². The molecular weight excluding hydrogens is 236 g/mol. The molecule has 0 spiro atoms. The van der Waals surface area contributed by atoms with E-state index < -0.39 is 0 Å². The van der Waals surface area contributed by atoms with Crippen LogP contribution in [0.4, 0.5) is 0 Å². The Bertz CT molecular complexity index is 461. The number of ether oxygens (including phenoxy) is 1. The molecule has 17 heavy (non-hydrogen) atoms. The quantitative estimate of drug-likeness (QED) is 0.710. The van der Waals surface area contributed by atoms with E-state index in [9.17, 15) is 4.79 Å². The first-order valence-electron chi connectivity index (χ1n) is 5.80. The summed E-state index contributed by atoms with van der Waals surface area (Å²) in [7, 11) is 0. The van der Waals surface area contributed by atoms with Gasteiger partial charge in [-0.25, -0.2) is 4.98 Å². The molecule has 4 nitrogen and oxygen atoms in total. The summed E-state index contributed by atoms with van der Waals surface area (Å²) in [5.41, 5.74) is 0.859. The van der Waals surface area contributed by atoms with E-state index in [1.807, 2.05) is 29.1 Å². The SMILES string of the molecule is CCOCCCC(=O)Cc1cn2ccsc2n1. The van der Waals surface area contributed by atoms with Crippen molar-refractivity contribution in [3.63, 3.8) is 0 Å². The van der Waals surface area contributed by atoms with Gasteiger partial charge in [0.05, 0.1) is 12.1 Å². The van der Waals surface area contributed by atoms with Crippen LogP contribution in [-0.4, -0.2) is 28.4 Å². The normalized spacial score (nSPS) is 11.1. The number of hydrogen-bond donors (Lipinski definition) is 0. The molecule has 0 saturated heterocycles. The Balaban J connectivity index is 1.80. The fourth-order valence-corrected chi connectivity index (χ4v) is 2.39. The Hall–Kier alpha value is -1.20. The van der Waals surface area contributed by atoms with Gasteiger partial charge in [0.1, 0.15) is 5.78 Å². The highest BCUT2D eigenvalue weighted by Gasteiger charge is 2.08. The first-order chi connectivity index (χ1) is 8.29. The van der Waals surface area contributed by atoms with Crippen LogP contribution < -0.4 is 0 Å². The molecule has 0 saturated carbocycles. The Morgan fingerprint density at radius 2 is 2.47 bits per heavy atom. The lowest BCUT2D eigenvalue weighted by molar-refractivity contribution is -0.118. The topological polar surface area (TPSA) is 43.6 Å². The maximum atomic E-state index is 11.7. The van der Waals surface area contributed by atoms with E-state index in [2.05, 4.69) is 4.98 Å². The van der Waals surface area contributed by atoms with Gasteiger partial charge in [-0.15, -0.1) is 11.3 Å². The molecule has 0 atom stereocenters. The Kier molecular flexibility index (Phi) is 4.28. The number of carbonyl (C=O) groups excluding carboxylic acids is 1. The van der Waals surface area contributed by atoms with E-state index in [1.54, 1.807) is 11.3 Å². The van der Waals surface area contributed by atoms with Crippen LogP contribution in [0.2, 0.25) is 0 Å². The fraction of sp³-hybridized carbons (Fsp3) is 0.500. The highest BCUT2D eigenvalue weighted by Crippen LogP contribution is 2.12. The molecular formula is C12H16N2O2S. The lowest BCUT2D eigenvalue weighted by Crippen LogP contribution is -2.05. The smallest absolute Gasteiger partial charge is 0.193 e. The summed E-state index contributed by atoms with van der Waals surface area (Å²) in [5, 5.41) is 1.98. The molecule has 0 amide bonds. The van der Waals surface area contributed by atoms with Crippen LogP contribution in [0, 0.1) is 0 Å². The number of imidazole rings is 1. The first-order valence-corrected chi connectivity index (χ1v) is 6.68. The largest absolute Gasteiger partial charge is 0.382 e. The number of nitrogens with zero attached hydrogens (tertiary/aromatic N) is 2. The van der Waals surface area contributed by atoms with E-state index in [4.69, 9.17) is 4.74 Å². The summed E-state index contributed by atoms with van der Waals surface area (Å²) in [6.45, 7) is 3.34. The lowest BCUT2D eigenvalue weighted by atomic mass is 10.1. The number of fused-ring (bicyclic) bond motifs is 1. The van der Waals surface area contributed by atoms with Gasteiger partial charge in [0.2, 0.25) is 0 Å². The fourth-order valence-electron chi connectivity index (χ4n) is 1.67. The van der Waals surface area contributed by atoms with Gasteiger partial charge in [-0.3, -0.25) is 9.20 Å². The molecule has 0 bridgehead atoms. The Morgan fingerprint density at radius 3 is 3.24 bits per heavy atom. The molecule has 2 heterocycles. The molecule has 0 aliphatic rings. The van der Waals surface area contributed by atoms with Crippen molar-refractivity contribution in [2.45, 2.75) is 26.2 Å².